The third-order valence-corrected chi connectivity index (χ3v) is 4.72. The number of hydrogen-bond donors (Lipinski definition) is 1. The number of para-hydroxylation sites is 1. The summed E-state index contributed by atoms with van der Waals surface area (Å²) in [5.41, 5.74) is 0.781. The van der Waals surface area contributed by atoms with Crippen LogP contribution in [0.2, 0.25) is 0 Å². The Labute approximate surface area is 124 Å². The van der Waals surface area contributed by atoms with E-state index >= 15 is 0 Å². The number of hydrogen-bond acceptors (Lipinski definition) is 4. The molecule has 0 spiro atoms. The van der Waals surface area contributed by atoms with E-state index in [1.807, 2.05) is 12.1 Å². The first kappa shape index (κ1) is 14.2. The lowest BCUT2D eigenvalue weighted by molar-refractivity contribution is -0.122. The molecule has 2 aliphatic rings. The number of carbonyl (C=O) groups excluding carboxylic acids is 1. The number of phenols is 1. The maximum atomic E-state index is 12.2. The van der Waals surface area contributed by atoms with Gasteiger partial charge in [-0.25, -0.2) is 4.79 Å². The number of phenolic OH excluding ortho intramolecular Hbond substituents is 1. The van der Waals surface area contributed by atoms with Crippen molar-refractivity contribution in [3.8, 4) is 5.75 Å². The Kier molecular flexibility index (Phi) is 3.76. The van der Waals surface area contributed by atoms with Gasteiger partial charge >= 0.3 is 6.09 Å². The molecule has 1 aliphatic carbocycles. The Hall–Kier alpha value is -1.75. The summed E-state index contributed by atoms with van der Waals surface area (Å²) >= 11 is 0. The van der Waals surface area contributed by atoms with Gasteiger partial charge in [0, 0.05) is 25.6 Å². The van der Waals surface area contributed by atoms with Gasteiger partial charge in [-0.3, -0.25) is 0 Å². The van der Waals surface area contributed by atoms with Gasteiger partial charge in [0.15, 0.2) is 0 Å². The molecule has 3 rings (SSSR count). The van der Waals surface area contributed by atoms with Gasteiger partial charge in [0.1, 0.15) is 11.9 Å². The highest BCUT2D eigenvalue weighted by atomic mass is 16.6. The van der Waals surface area contributed by atoms with Gasteiger partial charge in [-0.15, -0.1) is 0 Å². The van der Waals surface area contributed by atoms with Crippen LogP contribution in [0.3, 0.4) is 0 Å². The van der Waals surface area contributed by atoms with E-state index in [9.17, 15) is 9.90 Å². The molecule has 1 saturated carbocycles. The number of methoxy groups -OCH3 is 1. The standard InChI is InChI=1S/C16H21NO4/c1-17-14(10-6-3-4-8-12(10)18)11-7-5-9-13(20-2)15(11)21-16(17)19/h3-4,6,8,11,13-15,18H,5,7,9H2,1-2H3. The van der Waals surface area contributed by atoms with E-state index in [0.717, 1.165) is 24.8 Å². The highest BCUT2D eigenvalue weighted by Crippen LogP contribution is 2.45. The Bertz CT molecular complexity index is 533. The smallest absolute Gasteiger partial charge is 0.410 e. The molecule has 5 heteroatoms. The number of ether oxygens (including phenoxy) is 2. The van der Waals surface area contributed by atoms with Gasteiger partial charge in [0.2, 0.25) is 0 Å². The van der Waals surface area contributed by atoms with E-state index in [1.165, 1.54) is 0 Å². The van der Waals surface area contributed by atoms with E-state index in [-0.39, 0.29) is 36.0 Å². The second-order valence-corrected chi connectivity index (χ2v) is 5.83. The van der Waals surface area contributed by atoms with Crippen molar-refractivity contribution < 1.29 is 19.4 Å². The lowest BCUT2D eigenvalue weighted by atomic mass is 9.76. The Balaban J connectivity index is 2.00. The van der Waals surface area contributed by atoms with Crippen LogP contribution in [0.4, 0.5) is 4.79 Å². The molecule has 1 aliphatic heterocycles. The number of rotatable bonds is 2. The first-order chi connectivity index (χ1) is 10.1. The van der Waals surface area contributed by atoms with Crippen molar-refractivity contribution in [3.05, 3.63) is 29.8 Å². The van der Waals surface area contributed by atoms with E-state index < -0.39 is 0 Å². The van der Waals surface area contributed by atoms with Crippen LogP contribution in [0, 0.1) is 5.92 Å². The fourth-order valence-electron chi connectivity index (χ4n) is 3.69. The predicted molar refractivity (Wildman–Crippen MR) is 77.0 cm³/mol. The summed E-state index contributed by atoms with van der Waals surface area (Å²) in [4.78, 5) is 13.8. The maximum absolute atomic E-state index is 12.2. The molecule has 1 aromatic carbocycles. The molecule has 2 fully saturated rings. The van der Waals surface area contributed by atoms with Gasteiger partial charge in [-0.05, 0) is 18.9 Å². The van der Waals surface area contributed by atoms with Crippen molar-refractivity contribution in [2.45, 2.75) is 37.5 Å². The van der Waals surface area contributed by atoms with Crippen molar-refractivity contribution >= 4 is 6.09 Å². The summed E-state index contributed by atoms with van der Waals surface area (Å²) in [5, 5.41) is 10.2. The topological polar surface area (TPSA) is 59.0 Å². The zero-order valence-corrected chi connectivity index (χ0v) is 12.4. The number of nitrogens with zero attached hydrogens (tertiary/aromatic N) is 1. The van der Waals surface area contributed by atoms with Crippen molar-refractivity contribution in [3.63, 3.8) is 0 Å². The van der Waals surface area contributed by atoms with Crippen LogP contribution in [-0.4, -0.2) is 42.5 Å². The van der Waals surface area contributed by atoms with Gasteiger partial charge in [-0.2, -0.15) is 0 Å². The van der Waals surface area contributed by atoms with Crippen LogP contribution >= 0.6 is 0 Å². The highest BCUT2D eigenvalue weighted by Gasteiger charge is 2.48. The highest BCUT2D eigenvalue weighted by molar-refractivity contribution is 5.69. The predicted octanol–water partition coefficient (Wildman–Crippen LogP) is 2.70. The van der Waals surface area contributed by atoms with Crippen LogP contribution in [0.5, 0.6) is 5.75 Å². The third kappa shape index (κ3) is 2.35. The zero-order valence-electron chi connectivity index (χ0n) is 12.4. The van der Waals surface area contributed by atoms with Crippen LogP contribution in [0.25, 0.3) is 0 Å². The van der Waals surface area contributed by atoms with Crippen molar-refractivity contribution in [2.24, 2.45) is 5.92 Å². The van der Waals surface area contributed by atoms with Gasteiger partial charge in [0.05, 0.1) is 12.1 Å². The zero-order chi connectivity index (χ0) is 15.0. The molecule has 1 heterocycles. The summed E-state index contributed by atoms with van der Waals surface area (Å²) < 4.78 is 11.1. The molecule has 5 nitrogen and oxygen atoms in total. The molecule has 21 heavy (non-hydrogen) atoms. The fourth-order valence-corrected chi connectivity index (χ4v) is 3.69. The van der Waals surface area contributed by atoms with E-state index in [0.29, 0.717) is 0 Å². The van der Waals surface area contributed by atoms with Crippen LogP contribution < -0.4 is 0 Å². The average molecular weight is 291 g/mol. The maximum Gasteiger partial charge on any atom is 0.410 e. The molecule has 0 radical (unpaired) electrons. The molecule has 1 amide bonds. The fraction of sp³-hybridized carbons (Fsp3) is 0.562. The van der Waals surface area contributed by atoms with Crippen molar-refractivity contribution in [2.75, 3.05) is 14.2 Å². The average Bonchev–Trinajstić information content (AvgIpc) is 2.49. The molecule has 4 atom stereocenters. The van der Waals surface area contributed by atoms with Gasteiger partial charge in [0.25, 0.3) is 0 Å². The molecular formula is C16H21NO4. The monoisotopic (exact) mass is 291 g/mol. The van der Waals surface area contributed by atoms with Crippen LogP contribution in [0.1, 0.15) is 30.9 Å². The van der Waals surface area contributed by atoms with Crippen molar-refractivity contribution in [1.29, 1.82) is 0 Å². The van der Waals surface area contributed by atoms with Crippen molar-refractivity contribution in [1.82, 2.24) is 4.90 Å². The normalized spacial score (nSPS) is 32.5. The number of aromatic hydroxyl groups is 1. The minimum Gasteiger partial charge on any atom is -0.508 e. The quantitative estimate of drug-likeness (QED) is 0.910. The summed E-state index contributed by atoms with van der Waals surface area (Å²) in [6.07, 6.45) is 2.25. The van der Waals surface area contributed by atoms with Crippen LogP contribution in [-0.2, 0) is 9.47 Å². The molecule has 0 bridgehead atoms. The molecule has 4 unspecified atom stereocenters. The molecule has 1 N–H and O–H groups in total. The van der Waals surface area contributed by atoms with E-state index in [4.69, 9.17) is 9.47 Å². The lowest BCUT2D eigenvalue weighted by Crippen LogP contribution is -2.54. The molecule has 1 saturated heterocycles. The molecule has 1 aromatic rings. The van der Waals surface area contributed by atoms with E-state index in [2.05, 4.69) is 0 Å². The third-order valence-electron chi connectivity index (χ3n) is 4.72. The molecule has 114 valence electrons. The minimum atomic E-state index is -0.353. The summed E-state index contributed by atoms with van der Waals surface area (Å²) in [6.45, 7) is 0. The summed E-state index contributed by atoms with van der Waals surface area (Å²) in [7, 11) is 3.39. The Morgan fingerprint density at radius 1 is 1.33 bits per heavy atom. The number of amides is 1. The Morgan fingerprint density at radius 2 is 2.10 bits per heavy atom. The van der Waals surface area contributed by atoms with Crippen LogP contribution in [0.15, 0.2) is 24.3 Å². The largest absolute Gasteiger partial charge is 0.508 e. The number of fused-ring (bicyclic) bond motifs is 1. The molecular weight excluding hydrogens is 270 g/mol. The van der Waals surface area contributed by atoms with Gasteiger partial charge in [-0.1, -0.05) is 24.6 Å². The first-order valence-corrected chi connectivity index (χ1v) is 7.37. The second-order valence-electron chi connectivity index (χ2n) is 5.83. The lowest BCUT2D eigenvalue weighted by Gasteiger charge is -2.48. The second kappa shape index (κ2) is 5.56. The van der Waals surface area contributed by atoms with Gasteiger partial charge < -0.3 is 19.5 Å². The Morgan fingerprint density at radius 3 is 2.81 bits per heavy atom. The van der Waals surface area contributed by atoms with E-state index in [1.54, 1.807) is 31.2 Å². The first-order valence-electron chi connectivity index (χ1n) is 7.37. The minimum absolute atomic E-state index is 0.0604. The summed E-state index contributed by atoms with van der Waals surface area (Å²) in [5.74, 6) is 0.363. The SMILES string of the molecule is COC1CCCC2C1OC(=O)N(C)C2c1ccccc1O. The number of carbonyl (C=O) groups is 1. The molecule has 0 aromatic heterocycles. The number of benzene rings is 1. The summed E-state index contributed by atoms with van der Waals surface area (Å²) in [6, 6.07) is 7.04.